The van der Waals surface area contributed by atoms with Gasteiger partial charge in [-0.05, 0) is 90.8 Å². The monoisotopic (exact) mass is 410 g/mol. The zero-order valence-electron chi connectivity index (χ0n) is 17.9. The molecule has 4 aromatic rings. The molecule has 1 heterocycles. The van der Waals surface area contributed by atoms with E-state index in [0.29, 0.717) is 5.56 Å². The van der Waals surface area contributed by atoms with Gasteiger partial charge in [0.25, 0.3) is 0 Å². The molecule has 0 radical (unpaired) electrons. The minimum absolute atomic E-state index is 0.164. The topological polar surface area (TPSA) is 55.1 Å². The van der Waals surface area contributed by atoms with E-state index in [2.05, 4.69) is 59.8 Å². The lowest BCUT2D eigenvalue weighted by molar-refractivity contribution is 0.0696. The molecule has 1 N–H and O–H groups in total. The molecule has 0 spiro atoms. The standard InChI is InChI=1S/C27H26N2O2/c1-17-13-25-26(14-18(17)2)29(16-28-25)12-11-23-22-6-4-3-5-19(22)7-8-20-9-10-21(27(30)31)15-24(20)23/h3-6,9-10,13-16,23H,7-8,11-12H2,1-2H3,(H,30,31). The lowest BCUT2D eigenvalue weighted by Gasteiger charge is -2.21. The third-order valence-corrected chi connectivity index (χ3v) is 6.76. The van der Waals surface area contributed by atoms with Gasteiger partial charge in [0.15, 0.2) is 0 Å². The van der Waals surface area contributed by atoms with E-state index < -0.39 is 5.97 Å². The minimum Gasteiger partial charge on any atom is -0.478 e. The Morgan fingerprint density at radius 2 is 1.74 bits per heavy atom. The summed E-state index contributed by atoms with van der Waals surface area (Å²) in [4.78, 5) is 16.3. The second-order valence-electron chi connectivity index (χ2n) is 8.62. The Labute approximate surface area is 182 Å². The fourth-order valence-electron chi connectivity index (χ4n) is 4.89. The number of fused-ring (bicyclic) bond motifs is 3. The third kappa shape index (κ3) is 3.52. The number of aromatic carboxylic acids is 1. The fourth-order valence-corrected chi connectivity index (χ4v) is 4.89. The highest BCUT2D eigenvalue weighted by molar-refractivity contribution is 5.88. The van der Waals surface area contributed by atoms with Crippen molar-refractivity contribution in [2.45, 2.75) is 45.6 Å². The number of benzene rings is 3. The van der Waals surface area contributed by atoms with Crippen molar-refractivity contribution in [3.8, 4) is 0 Å². The summed E-state index contributed by atoms with van der Waals surface area (Å²) in [5.41, 5.74) is 10.2. The minimum atomic E-state index is -0.870. The highest BCUT2D eigenvalue weighted by atomic mass is 16.4. The number of carboxylic acid groups (broad SMARTS) is 1. The lowest BCUT2D eigenvalue weighted by atomic mass is 9.85. The number of imidazole rings is 1. The summed E-state index contributed by atoms with van der Waals surface area (Å²) >= 11 is 0. The van der Waals surface area contributed by atoms with Crippen LogP contribution >= 0.6 is 0 Å². The lowest BCUT2D eigenvalue weighted by Crippen LogP contribution is -2.10. The molecular formula is C27H26N2O2. The summed E-state index contributed by atoms with van der Waals surface area (Å²) in [5, 5.41) is 9.57. The van der Waals surface area contributed by atoms with Crippen LogP contribution in [0.4, 0.5) is 0 Å². The van der Waals surface area contributed by atoms with Gasteiger partial charge >= 0.3 is 5.97 Å². The average molecular weight is 411 g/mol. The van der Waals surface area contributed by atoms with E-state index in [1.165, 1.54) is 27.8 Å². The van der Waals surface area contributed by atoms with E-state index in [4.69, 9.17) is 0 Å². The number of aromatic nitrogens is 2. The molecule has 1 unspecified atom stereocenters. The van der Waals surface area contributed by atoms with Gasteiger partial charge in [-0.1, -0.05) is 30.3 Å². The van der Waals surface area contributed by atoms with Crippen molar-refractivity contribution in [1.82, 2.24) is 9.55 Å². The van der Waals surface area contributed by atoms with Crippen molar-refractivity contribution >= 4 is 17.0 Å². The molecule has 0 aliphatic heterocycles. The van der Waals surface area contributed by atoms with Crippen LogP contribution < -0.4 is 0 Å². The Bertz CT molecular complexity index is 1300. The van der Waals surface area contributed by atoms with E-state index >= 15 is 0 Å². The maximum atomic E-state index is 11.7. The Morgan fingerprint density at radius 1 is 1.00 bits per heavy atom. The van der Waals surface area contributed by atoms with Gasteiger partial charge in [0.1, 0.15) is 0 Å². The van der Waals surface area contributed by atoms with E-state index in [1.54, 1.807) is 6.07 Å². The van der Waals surface area contributed by atoms with Gasteiger partial charge in [-0.25, -0.2) is 9.78 Å². The molecule has 3 aromatic carbocycles. The van der Waals surface area contributed by atoms with Gasteiger partial charge in [0.05, 0.1) is 22.9 Å². The van der Waals surface area contributed by atoms with Gasteiger partial charge < -0.3 is 9.67 Å². The average Bonchev–Trinajstić information content (AvgIpc) is 3.07. The Hall–Kier alpha value is -3.40. The van der Waals surface area contributed by atoms with Gasteiger partial charge in [-0.15, -0.1) is 0 Å². The van der Waals surface area contributed by atoms with Crippen molar-refractivity contribution in [1.29, 1.82) is 0 Å². The second-order valence-corrected chi connectivity index (χ2v) is 8.62. The Balaban J connectivity index is 1.56. The predicted octanol–water partition coefficient (Wildman–Crippen LogP) is 5.67. The predicted molar refractivity (Wildman–Crippen MR) is 123 cm³/mol. The van der Waals surface area contributed by atoms with Gasteiger partial charge in [0.2, 0.25) is 0 Å². The molecule has 0 amide bonds. The molecule has 0 saturated heterocycles. The van der Waals surface area contributed by atoms with E-state index in [9.17, 15) is 9.90 Å². The van der Waals surface area contributed by atoms with E-state index in [1.807, 2.05) is 18.5 Å². The highest BCUT2D eigenvalue weighted by Gasteiger charge is 2.24. The molecule has 0 saturated carbocycles. The van der Waals surface area contributed by atoms with Crippen LogP contribution in [0.15, 0.2) is 60.9 Å². The largest absolute Gasteiger partial charge is 0.478 e. The second kappa shape index (κ2) is 7.69. The Kier molecular flexibility index (Phi) is 4.85. The summed E-state index contributed by atoms with van der Waals surface area (Å²) in [5.74, 6) is -0.706. The molecule has 1 atom stereocenters. The first kappa shape index (κ1) is 19.6. The van der Waals surface area contributed by atoms with Crippen LogP contribution in [-0.4, -0.2) is 20.6 Å². The highest BCUT2D eigenvalue weighted by Crippen LogP contribution is 2.37. The number of hydrogen-bond donors (Lipinski definition) is 1. The van der Waals surface area contributed by atoms with Crippen LogP contribution in [0.2, 0.25) is 0 Å². The third-order valence-electron chi connectivity index (χ3n) is 6.76. The van der Waals surface area contributed by atoms with Crippen molar-refractivity contribution < 1.29 is 9.90 Å². The number of carbonyl (C=O) groups is 1. The molecule has 0 bridgehead atoms. The SMILES string of the molecule is Cc1cc2ncn(CCC3c4ccccc4CCc4ccc(C(=O)O)cc43)c2cc1C. The summed E-state index contributed by atoms with van der Waals surface area (Å²) in [6, 6.07) is 18.6. The normalized spacial score (nSPS) is 15.4. The smallest absolute Gasteiger partial charge is 0.335 e. The zero-order valence-corrected chi connectivity index (χ0v) is 17.9. The summed E-state index contributed by atoms with van der Waals surface area (Å²) in [6.07, 6.45) is 4.75. The van der Waals surface area contributed by atoms with Gasteiger partial charge in [-0.2, -0.15) is 0 Å². The van der Waals surface area contributed by atoms with Gasteiger partial charge in [0, 0.05) is 12.5 Å². The van der Waals surface area contributed by atoms with Crippen molar-refractivity contribution in [2.24, 2.45) is 0 Å². The van der Waals surface area contributed by atoms with Crippen LogP contribution in [0.5, 0.6) is 0 Å². The molecule has 1 aliphatic rings. The molecular weight excluding hydrogens is 384 g/mol. The first-order valence-electron chi connectivity index (χ1n) is 10.9. The summed E-state index contributed by atoms with van der Waals surface area (Å²) in [7, 11) is 0. The molecule has 156 valence electrons. The fraction of sp³-hybridized carbons (Fsp3) is 0.259. The molecule has 5 rings (SSSR count). The van der Waals surface area contributed by atoms with Crippen LogP contribution in [-0.2, 0) is 19.4 Å². The van der Waals surface area contributed by atoms with E-state index in [-0.39, 0.29) is 5.92 Å². The van der Waals surface area contributed by atoms with Crippen molar-refractivity contribution in [2.75, 3.05) is 0 Å². The molecule has 1 aromatic heterocycles. The molecule has 4 nitrogen and oxygen atoms in total. The maximum Gasteiger partial charge on any atom is 0.335 e. The van der Waals surface area contributed by atoms with Crippen LogP contribution in [0, 0.1) is 13.8 Å². The maximum absolute atomic E-state index is 11.7. The number of hydrogen-bond acceptors (Lipinski definition) is 2. The van der Waals surface area contributed by atoms with E-state index in [0.717, 1.165) is 42.4 Å². The summed E-state index contributed by atoms with van der Waals surface area (Å²) < 4.78 is 2.23. The Morgan fingerprint density at radius 3 is 2.55 bits per heavy atom. The zero-order chi connectivity index (χ0) is 21.5. The van der Waals surface area contributed by atoms with Crippen LogP contribution in [0.3, 0.4) is 0 Å². The molecule has 31 heavy (non-hydrogen) atoms. The molecule has 1 aliphatic carbocycles. The van der Waals surface area contributed by atoms with Crippen molar-refractivity contribution in [3.05, 3.63) is 99.9 Å². The van der Waals surface area contributed by atoms with Crippen LogP contribution in [0.1, 0.15) is 56.1 Å². The molecule has 4 heteroatoms. The first-order valence-corrected chi connectivity index (χ1v) is 10.9. The number of carboxylic acids is 1. The number of nitrogens with zero attached hydrogens (tertiary/aromatic N) is 2. The van der Waals surface area contributed by atoms with Gasteiger partial charge in [-0.3, -0.25) is 0 Å². The first-order chi connectivity index (χ1) is 15.0. The quantitative estimate of drug-likeness (QED) is 0.471. The molecule has 0 fully saturated rings. The number of aryl methyl sites for hydroxylation is 5. The number of rotatable bonds is 4. The van der Waals surface area contributed by atoms with Crippen molar-refractivity contribution in [3.63, 3.8) is 0 Å². The van der Waals surface area contributed by atoms with Crippen LogP contribution in [0.25, 0.3) is 11.0 Å². The summed E-state index contributed by atoms with van der Waals surface area (Å²) in [6.45, 7) is 5.08.